The van der Waals surface area contributed by atoms with Crippen LogP contribution in [0.5, 0.6) is 5.75 Å². The third-order valence-electron chi connectivity index (χ3n) is 8.84. The largest absolute Gasteiger partial charge is 0.494 e. The highest BCUT2D eigenvalue weighted by Crippen LogP contribution is 2.19. The van der Waals surface area contributed by atoms with Crippen molar-refractivity contribution in [1.82, 2.24) is 21.3 Å². The van der Waals surface area contributed by atoms with E-state index in [1.807, 2.05) is 107 Å². The Morgan fingerprint density at radius 1 is 0.644 bits per heavy atom. The predicted octanol–water partition coefficient (Wildman–Crippen LogP) is 7.61. The Morgan fingerprint density at radius 2 is 1.29 bits per heavy atom. The molecule has 0 radical (unpaired) electrons. The summed E-state index contributed by atoms with van der Waals surface area (Å²) in [6.45, 7) is 13.9. The quantitative estimate of drug-likeness (QED) is 0.0453. The van der Waals surface area contributed by atoms with Gasteiger partial charge in [0.25, 0.3) is 0 Å². The van der Waals surface area contributed by atoms with Gasteiger partial charge < -0.3 is 40.2 Å². The minimum absolute atomic E-state index is 0.0146. The summed E-state index contributed by atoms with van der Waals surface area (Å²) in [6.07, 6.45) is 2.24. The first-order valence-corrected chi connectivity index (χ1v) is 20.5. The Balaban J connectivity index is 1.65. The molecule has 0 aliphatic carbocycles. The summed E-state index contributed by atoms with van der Waals surface area (Å²) in [5, 5.41) is 11.3. The minimum Gasteiger partial charge on any atom is -0.494 e. The van der Waals surface area contributed by atoms with Crippen molar-refractivity contribution in [3.63, 3.8) is 0 Å². The fourth-order valence-electron chi connectivity index (χ4n) is 5.84. The number of carbonyl (C=O) groups is 5. The number of rotatable bonds is 22. The molecule has 0 aliphatic rings. The molecular formula is C46H64N4O9. The third kappa shape index (κ3) is 20.6. The molecule has 0 heterocycles. The second-order valence-electron chi connectivity index (χ2n) is 16.5. The molecule has 3 rings (SSSR count). The van der Waals surface area contributed by atoms with E-state index in [0.717, 1.165) is 22.3 Å². The van der Waals surface area contributed by atoms with Crippen LogP contribution in [0.1, 0.15) is 109 Å². The summed E-state index contributed by atoms with van der Waals surface area (Å²) in [5.41, 5.74) is 2.42. The number of ether oxygens (including phenoxy) is 4. The van der Waals surface area contributed by atoms with Crippen molar-refractivity contribution in [2.45, 2.75) is 136 Å². The molecule has 59 heavy (non-hydrogen) atoms. The normalized spacial score (nSPS) is 12.3. The Bertz CT molecular complexity index is 1770. The zero-order valence-corrected chi connectivity index (χ0v) is 35.8. The average Bonchev–Trinajstić information content (AvgIpc) is 3.17. The highest BCUT2D eigenvalue weighted by atomic mass is 16.6. The summed E-state index contributed by atoms with van der Waals surface area (Å²) in [7, 11) is 0. The van der Waals surface area contributed by atoms with Gasteiger partial charge in [0.15, 0.2) is 0 Å². The Kier molecular flexibility index (Phi) is 19.7. The van der Waals surface area contributed by atoms with Crippen molar-refractivity contribution in [3.05, 3.63) is 101 Å². The van der Waals surface area contributed by atoms with E-state index < -0.39 is 41.4 Å². The summed E-state index contributed by atoms with van der Waals surface area (Å²) in [5.74, 6) is -0.621. The second-order valence-corrected chi connectivity index (χ2v) is 16.5. The van der Waals surface area contributed by atoms with Crippen LogP contribution < -0.4 is 26.0 Å². The molecule has 0 fully saturated rings. The number of esters is 1. The van der Waals surface area contributed by atoms with Crippen molar-refractivity contribution < 1.29 is 42.9 Å². The standard InChI is InChI=1S/C46H64N4O9/c1-33-24-26-37(56-29-17-16-28-47-43(54)59-46(5,6)7)30-36(33)31-48-41(52)39(27-25-34-18-10-8-11-19-34)49-42(53)38(22-14-15-23-40(51)58-45(2,3)4)50-44(55)57-32-35-20-12-9-13-21-35/h8-13,18-21,24,26,30,38-39H,14-17,22-23,25,27-29,31-32H2,1-7H3,(H,47,54)(H,48,52)(H,49,53)(H,50,55)/t38-,39-/m0/s1. The van der Waals surface area contributed by atoms with Crippen LogP contribution in [-0.4, -0.2) is 66.4 Å². The summed E-state index contributed by atoms with van der Waals surface area (Å²) < 4.78 is 22.1. The van der Waals surface area contributed by atoms with Crippen molar-refractivity contribution in [3.8, 4) is 5.75 Å². The van der Waals surface area contributed by atoms with Gasteiger partial charge in [-0.2, -0.15) is 0 Å². The first-order chi connectivity index (χ1) is 28.0. The summed E-state index contributed by atoms with van der Waals surface area (Å²) in [4.78, 5) is 64.9. The van der Waals surface area contributed by atoms with Crippen LogP contribution in [0.3, 0.4) is 0 Å². The number of hydrogen-bond donors (Lipinski definition) is 4. The lowest BCUT2D eigenvalue weighted by molar-refractivity contribution is -0.155. The van der Waals surface area contributed by atoms with Crippen molar-refractivity contribution >= 4 is 30.0 Å². The molecule has 0 saturated carbocycles. The second kappa shape index (κ2) is 24.4. The lowest BCUT2D eigenvalue weighted by Gasteiger charge is -2.24. The predicted molar refractivity (Wildman–Crippen MR) is 227 cm³/mol. The molecule has 0 saturated heterocycles. The van der Waals surface area contributed by atoms with Crippen molar-refractivity contribution in [2.24, 2.45) is 0 Å². The fraction of sp³-hybridized carbons (Fsp3) is 0.500. The number of hydrogen-bond acceptors (Lipinski definition) is 9. The molecule has 0 unspecified atom stereocenters. The molecule has 3 aromatic rings. The van der Waals surface area contributed by atoms with Gasteiger partial charge >= 0.3 is 18.2 Å². The van der Waals surface area contributed by atoms with Crippen LogP contribution in [-0.2, 0) is 48.2 Å². The van der Waals surface area contributed by atoms with Gasteiger partial charge in [-0.25, -0.2) is 9.59 Å². The van der Waals surface area contributed by atoms with Crippen molar-refractivity contribution in [1.29, 1.82) is 0 Å². The van der Waals surface area contributed by atoms with Crippen LogP contribution in [0.15, 0.2) is 78.9 Å². The molecular weight excluding hydrogens is 753 g/mol. The molecule has 4 N–H and O–H groups in total. The van der Waals surface area contributed by atoms with Crippen molar-refractivity contribution in [2.75, 3.05) is 13.2 Å². The molecule has 2 atom stereocenters. The first-order valence-electron chi connectivity index (χ1n) is 20.5. The average molecular weight is 817 g/mol. The molecule has 13 heteroatoms. The molecule has 0 bridgehead atoms. The van der Waals surface area contributed by atoms with E-state index in [2.05, 4.69) is 21.3 Å². The number of alkyl carbamates (subject to hydrolysis) is 2. The van der Waals surface area contributed by atoms with Gasteiger partial charge in [-0.1, -0.05) is 73.2 Å². The Hall–Kier alpha value is -5.59. The number of nitrogens with one attached hydrogen (secondary N) is 4. The van der Waals surface area contributed by atoms with Gasteiger partial charge in [0.2, 0.25) is 11.8 Å². The smallest absolute Gasteiger partial charge is 0.408 e. The lowest BCUT2D eigenvalue weighted by atomic mass is 10.0. The molecule has 322 valence electrons. The van der Waals surface area contributed by atoms with Gasteiger partial charge in [-0.05, 0) is 121 Å². The lowest BCUT2D eigenvalue weighted by Crippen LogP contribution is -2.53. The molecule has 3 aromatic carbocycles. The van der Waals surface area contributed by atoms with E-state index in [4.69, 9.17) is 18.9 Å². The molecule has 4 amide bonds. The van der Waals surface area contributed by atoms with Gasteiger partial charge in [0, 0.05) is 19.5 Å². The molecule has 0 spiro atoms. The van der Waals surface area contributed by atoms with E-state index in [9.17, 15) is 24.0 Å². The molecule has 0 aromatic heterocycles. The Morgan fingerprint density at radius 3 is 1.95 bits per heavy atom. The summed E-state index contributed by atoms with van der Waals surface area (Å²) >= 11 is 0. The minimum atomic E-state index is -1.03. The van der Waals surface area contributed by atoms with Gasteiger partial charge in [0.1, 0.15) is 35.6 Å². The fourth-order valence-corrected chi connectivity index (χ4v) is 5.84. The van der Waals surface area contributed by atoms with Gasteiger partial charge in [-0.15, -0.1) is 0 Å². The summed E-state index contributed by atoms with van der Waals surface area (Å²) in [6, 6.07) is 22.6. The van der Waals surface area contributed by atoms with Gasteiger partial charge in [0.05, 0.1) is 6.61 Å². The van der Waals surface area contributed by atoms with E-state index in [1.54, 1.807) is 20.8 Å². The van der Waals surface area contributed by atoms with E-state index in [-0.39, 0.29) is 37.9 Å². The van der Waals surface area contributed by atoms with Crippen LogP contribution >= 0.6 is 0 Å². The van der Waals surface area contributed by atoms with E-state index >= 15 is 0 Å². The molecule has 0 aliphatic heterocycles. The first kappa shape index (κ1) is 47.8. The number of amides is 4. The highest BCUT2D eigenvalue weighted by molar-refractivity contribution is 5.91. The maximum atomic E-state index is 13.9. The molecule has 13 nitrogen and oxygen atoms in total. The third-order valence-corrected chi connectivity index (χ3v) is 8.84. The highest BCUT2D eigenvalue weighted by Gasteiger charge is 2.28. The number of aryl methyl sites for hydroxylation is 2. The monoisotopic (exact) mass is 816 g/mol. The maximum absolute atomic E-state index is 13.9. The van der Waals surface area contributed by atoms with E-state index in [0.29, 0.717) is 57.4 Å². The number of carbonyl (C=O) groups excluding carboxylic acids is 5. The zero-order valence-electron chi connectivity index (χ0n) is 35.8. The number of benzene rings is 3. The van der Waals surface area contributed by atoms with Crippen LogP contribution in [0.25, 0.3) is 0 Å². The zero-order chi connectivity index (χ0) is 43.3. The SMILES string of the molecule is Cc1ccc(OCCCCNC(=O)OC(C)(C)C)cc1CNC(=O)[C@H](CCc1ccccc1)NC(=O)[C@H](CCCCC(=O)OC(C)(C)C)NC(=O)OCc1ccccc1. The Labute approximate surface area is 349 Å². The number of unbranched alkanes of at least 4 members (excludes halogenated alkanes) is 2. The van der Waals surface area contributed by atoms with E-state index in [1.165, 1.54) is 0 Å². The topological polar surface area (TPSA) is 170 Å². The van der Waals surface area contributed by atoms with Gasteiger partial charge in [-0.3, -0.25) is 14.4 Å². The maximum Gasteiger partial charge on any atom is 0.408 e. The van der Waals surface area contributed by atoms with Crippen LogP contribution in [0.2, 0.25) is 0 Å². The van der Waals surface area contributed by atoms with Crippen LogP contribution in [0, 0.1) is 6.92 Å². The van der Waals surface area contributed by atoms with Crippen LogP contribution in [0.4, 0.5) is 9.59 Å².